The first-order valence-corrected chi connectivity index (χ1v) is 7.01. The molecule has 0 aliphatic carbocycles. The van der Waals surface area contributed by atoms with E-state index >= 15 is 0 Å². The van der Waals surface area contributed by atoms with Crippen LogP contribution >= 0.6 is 15.9 Å². The van der Waals surface area contributed by atoms with Crippen molar-refractivity contribution >= 4 is 21.6 Å². The largest absolute Gasteiger partial charge is 0.495 e. The summed E-state index contributed by atoms with van der Waals surface area (Å²) >= 11 is 3.34. The van der Waals surface area contributed by atoms with Crippen LogP contribution in [0.15, 0.2) is 40.9 Å². The van der Waals surface area contributed by atoms with E-state index in [4.69, 9.17) is 4.74 Å². The number of ether oxygens (including phenoxy) is 1. The second kappa shape index (κ2) is 6.87. The highest BCUT2D eigenvalue weighted by atomic mass is 79.9. The zero-order valence-corrected chi connectivity index (χ0v) is 12.8. The second-order valence-corrected chi connectivity index (χ2v) is 5.27. The molecule has 0 bridgehead atoms. The molecule has 0 saturated carbocycles. The van der Waals surface area contributed by atoms with Crippen molar-refractivity contribution in [2.45, 2.75) is 6.10 Å². The van der Waals surface area contributed by atoms with Crippen molar-refractivity contribution in [1.82, 2.24) is 0 Å². The lowest BCUT2D eigenvalue weighted by Crippen LogP contribution is -2.12. The van der Waals surface area contributed by atoms with E-state index in [9.17, 15) is 13.9 Å². The van der Waals surface area contributed by atoms with Gasteiger partial charge in [-0.25, -0.2) is 8.78 Å². The summed E-state index contributed by atoms with van der Waals surface area (Å²) in [6.45, 7) is 0.163. The molecule has 0 amide bonds. The SMILES string of the molecule is COc1cc(NCC(O)c2ccc(F)c(F)c2)ccc1Br. The molecular weight excluding hydrogens is 344 g/mol. The molecule has 0 aliphatic heterocycles. The van der Waals surface area contributed by atoms with Crippen LogP contribution in [0.25, 0.3) is 0 Å². The average Bonchev–Trinajstić information content (AvgIpc) is 2.48. The maximum atomic E-state index is 13.1. The van der Waals surface area contributed by atoms with E-state index in [1.807, 2.05) is 12.1 Å². The van der Waals surface area contributed by atoms with Gasteiger partial charge in [0.05, 0.1) is 17.7 Å². The fraction of sp³-hybridized carbons (Fsp3) is 0.200. The number of hydrogen-bond acceptors (Lipinski definition) is 3. The number of benzene rings is 2. The Hall–Kier alpha value is -1.66. The molecule has 0 spiro atoms. The predicted molar refractivity (Wildman–Crippen MR) is 80.5 cm³/mol. The first-order valence-electron chi connectivity index (χ1n) is 6.21. The summed E-state index contributed by atoms with van der Waals surface area (Å²) in [6.07, 6.45) is -0.949. The minimum atomic E-state index is -0.975. The third-order valence-corrected chi connectivity index (χ3v) is 3.63. The Balaban J connectivity index is 2.03. The van der Waals surface area contributed by atoms with Gasteiger partial charge in [-0.2, -0.15) is 0 Å². The van der Waals surface area contributed by atoms with Crippen LogP contribution in [0.4, 0.5) is 14.5 Å². The monoisotopic (exact) mass is 357 g/mol. The first kappa shape index (κ1) is 15.7. The Bertz CT molecular complexity index is 637. The van der Waals surface area contributed by atoms with E-state index in [-0.39, 0.29) is 6.54 Å². The van der Waals surface area contributed by atoms with Crippen molar-refractivity contribution in [2.24, 2.45) is 0 Å². The maximum Gasteiger partial charge on any atom is 0.159 e. The van der Waals surface area contributed by atoms with E-state index in [1.54, 1.807) is 13.2 Å². The summed E-state index contributed by atoms with van der Waals surface area (Å²) in [5, 5.41) is 13.0. The van der Waals surface area contributed by atoms with Gasteiger partial charge in [-0.3, -0.25) is 0 Å². The summed E-state index contributed by atoms with van der Waals surface area (Å²) in [5.41, 5.74) is 1.06. The van der Waals surface area contributed by atoms with Gasteiger partial charge in [0, 0.05) is 18.3 Å². The van der Waals surface area contributed by atoms with E-state index in [1.165, 1.54) is 6.07 Å². The topological polar surface area (TPSA) is 41.5 Å². The molecule has 2 aromatic carbocycles. The second-order valence-electron chi connectivity index (χ2n) is 4.42. The molecule has 0 aliphatic rings. The number of nitrogens with one attached hydrogen (secondary N) is 1. The van der Waals surface area contributed by atoms with Crippen LogP contribution in [-0.2, 0) is 0 Å². The van der Waals surface area contributed by atoms with Crippen LogP contribution in [0, 0.1) is 11.6 Å². The quantitative estimate of drug-likeness (QED) is 0.853. The molecule has 1 unspecified atom stereocenters. The molecule has 2 rings (SSSR count). The Labute approximate surface area is 129 Å². The third-order valence-electron chi connectivity index (χ3n) is 2.98. The summed E-state index contributed by atoms with van der Waals surface area (Å²) in [7, 11) is 1.56. The molecule has 2 aromatic rings. The zero-order valence-electron chi connectivity index (χ0n) is 11.2. The number of anilines is 1. The fourth-order valence-electron chi connectivity index (χ4n) is 1.82. The van der Waals surface area contributed by atoms with Crippen molar-refractivity contribution in [3.05, 3.63) is 58.1 Å². The molecule has 0 heterocycles. The lowest BCUT2D eigenvalue weighted by molar-refractivity contribution is 0.191. The van der Waals surface area contributed by atoms with Crippen LogP contribution in [0.1, 0.15) is 11.7 Å². The van der Waals surface area contributed by atoms with Gasteiger partial charge >= 0.3 is 0 Å². The number of aliphatic hydroxyl groups is 1. The lowest BCUT2D eigenvalue weighted by atomic mass is 10.1. The Morgan fingerprint density at radius 2 is 1.95 bits per heavy atom. The van der Waals surface area contributed by atoms with Gasteiger partial charge in [-0.05, 0) is 45.8 Å². The number of hydrogen-bond donors (Lipinski definition) is 2. The van der Waals surface area contributed by atoms with Crippen molar-refractivity contribution in [1.29, 1.82) is 0 Å². The first-order chi connectivity index (χ1) is 10.0. The number of aliphatic hydroxyl groups excluding tert-OH is 1. The molecular formula is C15H14BrF2NO2. The molecule has 0 saturated heterocycles. The number of methoxy groups -OCH3 is 1. The normalized spacial score (nSPS) is 12.0. The third kappa shape index (κ3) is 3.92. The van der Waals surface area contributed by atoms with Crippen LogP contribution in [0.5, 0.6) is 5.75 Å². The number of halogens is 3. The average molecular weight is 358 g/mol. The van der Waals surface area contributed by atoms with E-state index in [0.29, 0.717) is 11.3 Å². The van der Waals surface area contributed by atoms with Gasteiger partial charge in [0.15, 0.2) is 11.6 Å². The lowest BCUT2D eigenvalue weighted by Gasteiger charge is -2.14. The van der Waals surface area contributed by atoms with Crippen LogP contribution < -0.4 is 10.1 Å². The van der Waals surface area contributed by atoms with Gasteiger partial charge in [0.2, 0.25) is 0 Å². The van der Waals surface area contributed by atoms with Crippen LogP contribution in [0.2, 0.25) is 0 Å². The van der Waals surface area contributed by atoms with E-state index < -0.39 is 17.7 Å². The highest BCUT2D eigenvalue weighted by Crippen LogP contribution is 2.28. The summed E-state index contributed by atoms with van der Waals surface area (Å²) in [6, 6.07) is 8.73. The van der Waals surface area contributed by atoms with Crippen LogP contribution in [0.3, 0.4) is 0 Å². The van der Waals surface area contributed by atoms with Crippen LogP contribution in [-0.4, -0.2) is 18.8 Å². The van der Waals surface area contributed by atoms with E-state index in [2.05, 4.69) is 21.2 Å². The molecule has 2 N–H and O–H groups in total. The highest BCUT2D eigenvalue weighted by Gasteiger charge is 2.11. The molecule has 0 radical (unpaired) electrons. The Kier molecular flexibility index (Phi) is 5.14. The summed E-state index contributed by atoms with van der Waals surface area (Å²) < 4.78 is 31.9. The number of rotatable bonds is 5. The van der Waals surface area contributed by atoms with Gasteiger partial charge in [0.25, 0.3) is 0 Å². The minimum absolute atomic E-state index is 0.163. The molecule has 3 nitrogen and oxygen atoms in total. The van der Waals surface area contributed by atoms with Crippen molar-refractivity contribution < 1.29 is 18.6 Å². The van der Waals surface area contributed by atoms with Crippen molar-refractivity contribution in [3.8, 4) is 5.75 Å². The summed E-state index contributed by atoms with van der Waals surface area (Å²) in [4.78, 5) is 0. The minimum Gasteiger partial charge on any atom is -0.495 e. The standard InChI is InChI=1S/C15H14BrF2NO2/c1-21-15-7-10(3-4-11(15)16)19-8-14(20)9-2-5-12(17)13(18)6-9/h2-7,14,19-20H,8H2,1H3. The zero-order chi connectivity index (χ0) is 15.4. The smallest absolute Gasteiger partial charge is 0.159 e. The molecule has 6 heteroatoms. The molecule has 1 atom stereocenters. The Morgan fingerprint density at radius 1 is 1.19 bits per heavy atom. The Morgan fingerprint density at radius 3 is 2.62 bits per heavy atom. The molecule has 0 aromatic heterocycles. The molecule has 112 valence electrons. The molecule has 21 heavy (non-hydrogen) atoms. The van der Waals surface area contributed by atoms with Crippen molar-refractivity contribution in [2.75, 3.05) is 19.0 Å². The van der Waals surface area contributed by atoms with Gasteiger partial charge in [-0.1, -0.05) is 6.07 Å². The predicted octanol–water partition coefficient (Wildman–Crippen LogP) is 3.88. The van der Waals surface area contributed by atoms with Gasteiger partial charge in [-0.15, -0.1) is 0 Å². The molecule has 0 fully saturated rings. The van der Waals surface area contributed by atoms with Crippen molar-refractivity contribution in [3.63, 3.8) is 0 Å². The van der Waals surface area contributed by atoms with E-state index in [0.717, 1.165) is 22.3 Å². The summed E-state index contributed by atoms with van der Waals surface area (Å²) in [5.74, 6) is -1.25. The van der Waals surface area contributed by atoms with Gasteiger partial charge < -0.3 is 15.2 Å². The van der Waals surface area contributed by atoms with Gasteiger partial charge in [0.1, 0.15) is 5.75 Å². The maximum absolute atomic E-state index is 13.1. The fourth-order valence-corrected chi connectivity index (χ4v) is 2.23. The highest BCUT2D eigenvalue weighted by molar-refractivity contribution is 9.10.